The zero-order valence-corrected chi connectivity index (χ0v) is 10.2. The summed E-state index contributed by atoms with van der Waals surface area (Å²) in [6, 6.07) is 7.61. The van der Waals surface area contributed by atoms with Gasteiger partial charge < -0.3 is 10.5 Å². The number of benzene rings is 1. The van der Waals surface area contributed by atoms with Crippen LogP contribution in [0.1, 0.15) is 31.9 Å². The van der Waals surface area contributed by atoms with E-state index in [0.717, 1.165) is 17.0 Å². The molecular formula is C12H18ClNO. The Labute approximate surface area is 96.4 Å². The Kier molecular flexibility index (Phi) is 4.14. The fourth-order valence-electron chi connectivity index (χ4n) is 1.44. The number of halogens is 1. The summed E-state index contributed by atoms with van der Waals surface area (Å²) >= 11 is 5.81. The minimum absolute atomic E-state index is 0.0165. The maximum atomic E-state index is 6.08. The molecule has 0 bridgehead atoms. The minimum Gasteiger partial charge on any atom is -0.379 e. The van der Waals surface area contributed by atoms with Crippen molar-refractivity contribution in [2.45, 2.75) is 31.9 Å². The molecule has 1 aromatic carbocycles. The molecule has 0 aliphatic heterocycles. The third-order valence-electron chi connectivity index (χ3n) is 2.56. The van der Waals surface area contributed by atoms with E-state index in [0.29, 0.717) is 0 Å². The Balaban J connectivity index is 2.69. The Morgan fingerprint density at radius 1 is 1.33 bits per heavy atom. The van der Waals surface area contributed by atoms with Crippen LogP contribution in [0, 0.1) is 0 Å². The van der Waals surface area contributed by atoms with Crippen LogP contribution in [0.15, 0.2) is 24.3 Å². The molecule has 0 heterocycles. The van der Waals surface area contributed by atoms with E-state index < -0.39 is 0 Å². The lowest BCUT2D eigenvalue weighted by molar-refractivity contribution is 0.00995. The molecule has 1 atom stereocenters. The van der Waals surface area contributed by atoms with E-state index in [1.54, 1.807) is 7.11 Å². The maximum Gasteiger partial charge on any atom is 0.0640 e. The summed E-state index contributed by atoms with van der Waals surface area (Å²) in [7, 11) is 1.70. The molecule has 1 unspecified atom stereocenters. The molecule has 0 fully saturated rings. The summed E-state index contributed by atoms with van der Waals surface area (Å²) in [5, 5.41) is 0.733. The smallest absolute Gasteiger partial charge is 0.0640 e. The second kappa shape index (κ2) is 4.97. The van der Waals surface area contributed by atoms with E-state index in [2.05, 4.69) is 0 Å². The molecule has 1 rings (SSSR count). The summed E-state index contributed by atoms with van der Waals surface area (Å²) in [5.74, 6) is 0. The molecule has 0 spiro atoms. The van der Waals surface area contributed by atoms with Gasteiger partial charge in [0.15, 0.2) is 0 Å². The van der Waals surface area contributed by atoms with Crippen LogP contribution in [0.25, 0.3) is 0 Å². The van der Waals surface area contributed by atoms with Crippen LogP contribution in [0.5, 0.6) is 0 Å². The van der Waals surface area contributed by atoms with Crippen molar-refractivity contribution in [2.75, 3.05) is 7.11 Å². The predicted octanol–water partition coefficient (Wildman–Crippen LogP) is 3.15. The molecule has 0 saturated heterocycles. The van der Waals surface area contributed by atoms with E-state index in [-0.39, 0.29) is 11.6 Å². The van der Waals surface area contributed by atoms with Crippen molar-refractivity contribution in [3.8, 4) is 0 Å². The minimum atomic E-state index is -0.195. The number of hydrogen-bond donors (Lipinski definition) is 1. The Hall–Kier alpha value is -0.570. The number of ether oxygens (including phenoxy) is 1. The molecule has 2 N–H and O–H groups in total. The molecule has 0 saturated carbocycles. The van der Waals surface area contributed by atoms with Gasteiger partial charge in [0.2, 0.25) is 0 Å². The first-order valence-corrected chi connectivity index (χ1v) is 5.38. The largest absolute Gasteiger partial charge is 0.379 e. The second-order valence-electron chi connectivity index (χ2n) is 4.33. The number of rotatable bonds is 4. The van der Waals surface area contributed by atoms with Crippen molar-refractivity contribution < 1.29 is 4.74 Å². The van der Waals surface area contributed by atoms with Gasteiger partial charge >= 0.3 is 0 Å². The SMILES string of the molecule is COC(C)(C)CC(N)c1ccc(Cl)cc1. The second-order valence-corrected chi connectivity index (χ2v) is 4.76. The van der Waals surface area contributed by atoms with Crippen molar-refractivity contribution in [3.05, 3.63) is 34.9 Å². The van der Waals surface area contributed by atoms with Crippen LogP contribution < -0.4 is 5.73 Å². The fraction of sp³-hybridized carbons (Fsp3) is 0.500. The lowest BCUT2D eigenvalue weighted by atomic mass is 9.94. The fourth-order valence-corrected chi connectivity index (χ4v) is 1.57. The van der Waals surface area contributed by atoms with Crippen molar-refractivity contribution >= 4 is 11.6 Å². The van der Waals surface area contributed by atoms with Gasteiger partial charge in [-0.1, -0.05) is 23.7 Å². The first-order valence-electron chi connectivity index (χ1n) is 5.01. The van der Waals surface area contributed by atoms with Crippen LogP contribution >= 0.6 is 11.6 Å². The maximum absolute atomic E-state index is 6.08. The van der Waals surface area contributed by atoms with Gasteiger partial charge in [0.25, 0.3) is 0 Å². The van der Waals surface area contributed by atoms with E-state index in [9.17, 15) is 0 Å². The molecule has 0 aliphatic carbocycles. The van der Waals surface area contributed by atoms with Gasteiger partial charge in [0, 0.05) is 18.2 Å². The van der Waals surface area contributed by atoms with Crippen LogP contribution in [0.2, 0.25) is 5.02 Å². The zero-order valence-electron chi connectivity index (χ0n) is 9.46. The normalized spacial score (nSPS) is 13.9. The summed E-state index contributed by atoms with van der Waals surface area (Å²) in [6.45, 7) is 4.06. The van der Waals surface area contributed by atoms with E-state index in [4.69, 9.17) is 22.1 Å². The first-order chi connectivity index (χ1) is 6.94. The van der Waals surface area contributed by atoms with Gasteiger partial charge in [-0.25, -0.2) is 0 Å². The predicted molar refractivity (Wildman–Crippen MR) is 64.1 cm³/mol. The molecule has 1 aromatic rings. The Morgan fingerprint density at radius 2 is 1.87 bits per heavy atom. The van der Waals surface area contributed by atoms with E-state index in [1.807, 2.05) is 38.1 Å². The number of hydrogen-bond acceptors (Lipinski definition) is 2. The van der Waals surface area contributed by atoms with Gasteiger partial charge in [-0.3, -0.25) is 0 Å². The average molecular weight is 228 g/mol. The van der Waals surface area contributed by atoms with Gasteiger partial charge in [-0.05, 0) is 38.0 Å². The number of nitrogens with two attached hydrogens (primary N) is 1. The zero-order chi connectivity index (χ0) is 11.5. The van der Waals surface area contributed by atoms with Crippen molar-refractivity contribution in [3.63, 3.8) is 0 Å². The lowest BCUT2D eigenvalue weighted by Crippen LogP contribution is -2.28. The molecule has 0 amide bonds. The molecule has 3 heteroatoms. The van der Waals surface area contributed by atoms with E-state index >= 15 is 0 Å². The van der Waals surface area contributed by atoms with Crippen LogP contribution in [-0.4, -0.2) is 12.7 Å². The molecule has 84 valence electrons. The van der Waals surface area contributed by atoms with Crippen molar-refractivity contribution in [1.82, 2.24) is 0 Å². The first kappa shape index (κ1) is 12.5. The highest BCUT2D eigenvalue weighted by molar-refractivity contribution is 6.30. The van der Waals surface area contributed by atoms with Gasteiger partial charge in [0.05, 0.1) is 5.60 Å². The Bertz CT molecular complexity index is 308. The highest BCUT2D eigenvalue weighted by Crippen LogP contribution is 2.24. The standard InChI is InChI=1S/C12H18ClNO/c1-12(2,15-3)8-11(14)9-4-6-10(13)7-5-9/h4-7,11H,8,14H2,1-3H3. The summed E-state index contributed by atoms with van der Waals surface area (Å²) in [4.78, 5) is 0. The summed E-state index contributed by atoms with van der Waals surface area (Å²) < 4.78 is 5.35. The van der Waals surface area contributed by atoms with E-state index in [1.165, 1.54) is 0 Å². The highest BCUT2D eigenvalue weighted by atomic mass is 35.5. The topological polar surface area (TPSA) is 35.2 Å². The molecule has 2 nitrogen and oxygen atoms in total. The van der Waals surface area contributed by atoms with Crippen molar-refractivity contribution in [2.24, 2.45) is 5.73 Å². The molecular weight excluding hydrogens is 210 g/mol. The third kappa shape index (κ3) is 3.82. The monoisotopic (exact) mass is 227 g/mol. The molecule has 0 radical (unpaired) electrons. The summed E-state index contributed by atoms with van der Waals surface area (Å²) in [5.41, 5.74) is 6.98. The molecule has 0 aromatic heterocycles. The molecule has 15 heavy (non-hydrogen) atoms. The van der Waals surface area contributed by atoms with Crippen molar-refractivity contribution in [1.29, 1.82) is 0 Å². The summed E-state index contributed by atoms with van der Waals surface area (Å²) in [6.07, 6.45) is 0.783. The van der Waals surface area contributed by atoms with Gasteiger partial charge in [-0.2, -0.15) is 0 Å². The average Bonchev–Trinajstić information content (AvgIpc) is 2.18. The number of methoxy groups -OCH3 is 1. The van der Waals surface area contributed by atoms with Crippen LogP contribution in [0.3, 0.4) is 0 Å². The Morgan fingerprint density at radius 3 is 2.33 bits per heavy atom. The van der Waals surface area contributed by atoms with Gasteiger partial charge in [0.1, 0.15) is 0 Å². The van der Waals surface area contributed by atoms with Crippen LogP contribution in [-0.2, 0) is 4.74 Å². The highest BCUT2D eigenvalue weighted by Gasteiger charge is 2.21. The lowest BCUT2D eigenvalue weighted by Gasteiger charge is -2.26. The van der Waals surface area contributed by atoms with Crippen LogP contribution in [0.4, 0.5) is 0 Å². The third-order valence-corrected chi connectivity index (χ3v) is 2.81. The quantitative estimate of drug-likeness (QED) is 0.858. The van der Waals surface area contributed by atoms with Gasteiger partial charge in [-0.15, -0.1) is 0 Å². The molecule has 0 aliphatic rings.